The van der Waals surface area contributed by atoms with Crippen LogP contribution in [0.15, 0.2) is 72.8 Å². The summed E-state index contributed by atoms with van der Waals surface area (Å²) in [6.45, 7) is 4.23. The normalized spacial score (nSPS) is 10.4. The molecule has 0 unspecified atom stereocenters. The Bertz CT molecular complexity index is 991. The lowest BCUT2D eigenvalue weighted by Crippen LogP contribution is -2.23. The molecule has 6 heteroatoms. The van der Waals surface area contributed by atoms with Crippen molar-refractivity contribution in [1.29, 1.82) is 0 Å². The van der Waals surface area contributed by atoms with Crippen LogP contribution < -0.4 is 19.5 Å². The number of nitrogens with one attached hydrogen (secondary N) is 1. The van der Waals surface area contributed by atoms with E-state index in [0.717, 1.165) is 11.1 Å². The highest BCUT2D eigenvalue weighted by molar-refractivity contribution is 5.96. The van der Waals surface area contributed by atoms with Crippen molar-refractivity contribution in [3.63, 3.8) is 0 Å². The molecule has 0 aliphatic heterocycles. The molecular weight excluding hydrogens is 406 g/mol. The maximum atomic E-state index is 12.7. The van der Waals surface area contributed by atoms with E-state index in [4.69, 9.17) is 18.9 Å². The van der Waals surface area contributed by atoms with Gasteiger partial charge in [-0.15, -0.1) is 0 Å². The smallest absolute Gasteiger partial charge is 0.255 e. The minimum absolute atomic E-state index is 0.208. The van der Waals surface area contributed by atoms with Gasteiger partial charge in [0.2, 0.25) is 0 Å². The fourth-order valence-electron chi connectivity index (χ4n) is 3.09. The number of benzene rings is 3. The van der Waals surface area contributed by atoms with Crippen molar-refractivity contribution >= 4 is 5.91 Å². The Labute approximate surface area is 189 Å². The maximum absolute atomic E-state index is 12.7. The van der Waals surface area contributed by atoms with Crippen LogP contribution in [-0.2, 0) is 17.9 Å². The average molecular weight is 436 g/mol. The van der Waals surface area contributed by atoms with Gasteiger partial charge in [-0.25, -0.2) is 0 Å². The number of rotatable bonds is 12. The fourth-order valence-corrected chi connectivity index (χ4v) is 3.09. The molecule has 3 aromatic carbocycles. The fraction of sp³-hybridized carbons (Fsp3) is 0.269. The van der Waals surface area contributed by atoms with E-state index >= 15 is 0 Å². The summed E-state index contributed by atoms with van der Waals surface area (Å²) in [6.07, 6.45) is 0. The summed E-state index contributed by atoms with van der Waals surface area (Å²) in [5.74, 6) is 1.60. The summed E-state index contributed by atoms with van der Waals surface area (Å²) < 4.78 is 22.4. The van der Waals surface area contributed by atoms with Crippen molar-refractivity contribution in [3.8, 4) is 17.2 Å². The molecule has 0 saturated heterocycles. The third-order valence-corrected chi connectivity index (χ3v) is 4.74. The Morgan fingerprint density at radius 1 is 0.812 bits per heavy atom. The third kappa shape index (κ3) is 6.75. The van der Waals surface area contributed by atoms with Crippen LogP contribution in [0.4, 0.5) is 0 Å². The molecular formula is C26H29NO5. The average Bonchev–Trinajstić information content (AvgIpc) is 2.85. The highest BCUT2D eigenvalue weighted by atomic mass is 16.5. The Balaban J connectivity index is 1.59. The predicted molar refractivity (Wildman–Crippen MR) is 123 cm³/mol. The van der Waals surface area contributed by atoms with Crippen LogP contribution >= 0.6 is 0 Å². The summed E-state index contributed by atoms with van der Waals surface area (Å²) in [4.78, 5) is 12.7. The van der Waals surface area contributed by atoms with Gasteiger partial charge in [-0.1, -0.05) is 48.5 Å². The Morgan fingerprint density at radius 2 is 1.59 bits per heavy atom. The van der Waals surface area contributed by atoms with E-state index in [-0.39, 0.29) is 5.91 Å². The molecule has 0 heterocycles. The summed E-state index contributed by atoms with van der Waals surface area (Å²) in [5.41, 5.74) is 2.46. The van der Waals surface area contributed by atoms with Gasteiger partial charge in [0.05, 0.1) is 19.3 Å². The van der Waals surface area contributed by atoms with Crippen molar-refractivity contribution in [2.45, 2.75) is 20.1 Å². The molecule has 0 aliphatic carbocycles. The number of hydrogen-bond acceptors (Lipinski definition) is 5. The van der Waals surface area contributed by atoms with Crippen molar-refractivity contribution in [2.75, 3.05) is 26.9 Å². The third-order valence-electron chi connectivity index (χ3n) is 4.74. The van der Waals surface area contributed by atoms with E-state index in [1.165, 1.54) is 0 Å². The molecule has 0 radical (unpaired) electrons. The van der Waals surface area contributed by atoms with E-state index < -0.39 is 0 Å². The van der Waals surface area contributed by atoms with Gasteiger partial charge in [-0.3, -0.25) is 4.79 Å². The predicted octanol–water partition coefficient (Wildman–Crippen LogP) is 4.62. The van der Waals surface area contributed by atoms with Crippen LogP contribution in [0.3, 0.4) is 0 Å². The minimum atomic E-state index is -0.208. The first-order chi connectivity index (χ1) is 15.7. The molecule has 32 heavy (non-hydrogen) atoms. The van der Waals surface area contributed by atoms with Gasteiger partial charge in [0.15, 0.2) is 11.5 Å². The Kier molecular flexibility index (Phi) is 8.95. The number of carbonyl (C=O) groups is 1. The molecule has 0 fully saturated rings. The molecule has 1 amide bonds. The zero-order valence-corrected chi connectivity index (χ0v) is 18.5. The number of para-hydroxylation sites is 1. The standard InChI is InChI=1S/C26H29NO5/c1-3-30-15-16-31-23-12-8-7-11-22(23)26(28)27-18-21-13-14-24(25(17-21)29-2)32-19-20-9-5-4-6-10-20/h4-14,17H,3,15-16,18-19H2,1-2H3,(H,27,28). The van der Waals surface area contributed by atoms with E-state index in [2.05, 4.69) is 5.32 Å². The topological polar surface area (TPSA) is 66.0 Å². The van der Waals surface area contributed by atoms with Gasteiger partial charge in [0.25, 0.3) is 5.91 Å². The van der Waals surface area contributed by atoms with Gasteiger partial charge in [0, 0.05) is 13.2 Å². The van der Waals surface area contributed by atoms with Crippen LogP contribution in [0.5, 0.6) is 17.2 Å². The highest BCUT2D eigenvalue weighted by Gasteiger charge is 2.13. The van der Waals surface area contributed by atoms with Crippen molar-refractivity contribution in [2.24, 2.45) is 0 Å². The molecule has 0 spiro atoms. The van der Waals surface area contributed by atoms with E-state index in [1.807, 2.05) is 67.6 Å². The van der Waals surface area contributed by atoms with Crippen LogP contribution in [-0.4, -0.2) is 32.8 Å². The number of carbonyl (C=O) groups excluding carboxylic acids is 1. The number of ether oxygens (including phenoxy) is 4. The lowest BCUT2D eigenvalue weighted by molar-refractivity contribution is 0.0934. The second-order valence-electron chi connectivity index (χ2n) is 6.98. The first-order valence-electron chi connectivity index (χ1n) is 10.6. The van der Waals surface area contributed by atoms with Gasteiger partial charge in [0.1, 0.15) is 19.0 Å². The number of hydrogen-bond donors (Lipinski definition) is 1. The van der Waals surface area contributed by atoms with Gasteiger partial charge in [-0.2, -0.15) is 0 Å². The molecule has 0 aliphatic rings. The molecule has 0 bridgehead atoms. The quantitative estimate of drug-likeness (QED) is 0.421. The van der Waals surface area contributed by atoms with Crippen LogP contribution in [0, 0.1) is 0 Å². The minimum Gasteiger partial charge on any atom is -0.493 e. The molecule has 3 aromatic rings. The zero-order valence-electron chi connectivity index (χ0n) is 18.5. The summed E-state index contributed by atoms with van der Waals surface area (Å²) in [5, 5.41) is 2.94. The number of methoxy groups -OCH3 is 1. The van der Waals surface area contributed by atoms with Crippen LogP contribution in [0.2, 0.25) is 0 Å². The monoisotopic (exact) mass is 435 g/mol. The maximum Gasteiger partial charge on any atom is 0.255 e. The van der Waals surface area contributed by atoms with Crippen LogP contribution in [0.25, 0.3) is 0 Å². The van der Waals surface area contributed by atoms with Gasteiger partial charge >= 0.3 is 0 Å². The summed E-state index contributed by atoms with van der Waals surface area (Å²) in [7, 11) is 1.60. The lowest BCUT2D eigenvalue weighted by atomic mass is 10.1. The van der Waals surface area contributed by atoms with Crippen molar-refractivity contribution in [1.82, 2.24) is 5.32 Å². The molecule has 6 nitrogen and oxygen atoms in total. The van der Waals surface area contributed by atoms with Gasteiger partial charge < -0.3 is 24.3 Å². The Hall–Kier alpha value is -3.51. The second-order valence-corrected chi connectivity index (χ2v) is 6.98. The lowest BCUT2D eigenvalue weighted by Gasteiger charge is -2.14. The highest BCUT2D eigenvalue weighted by Crippen LogP contribution is 2.29. The SMILES string of the molecule is CCOCCOc1ccccc1C(=O)NCc1ccc(OCc2ccccc2)c(OC)c1. The molecule has 0 aromatic heterocycles. The first kappa shape index (κ1) is 23.2. The van der Waals surface area contributed by atoms with E-state index in [0.29, 0.717) is 55.8 Å². The van der Waals surface area contributed by atoms with Crippen molar-refractivity contribution < 1.29 is 23.7 Å². The second kappa shape index (κ2) is 12.4. The largest absolute Gasteiger partial charge is 0.493 e. The zero-order chi connectivity index (χ0) is 22.6. The summed E-state index contributed by atoms with van der Waals surface area (Å²) >= 11 is 0. The Morgan fingerprint density at radius 3 is 2.38 bits per heavy atom. The number of amides is 1. The molecule has 3 rings (SSSR count). The van der Waals surface area contributed by atoms with Gasteiger partial charge in [-0.05, 0) is 42.3 Å². The molecule has 0 saturated carbocycles. The van der Waals surface area contributed by atoms with Crippen LogP contribution in [0.1, 0.15) is 28.4 Å². The van der Waals surface area contributed by atoms with E-state index in [1.54, 1.807) is 19.2 Å². The molecule has 0 atom stereocenters. The summed E-state index contributed by atoms with van der Waals surface area (Å²) in [6, 6.07) is 22.7. The van der Waals surface area contributed by atoms with E-state index in [9.17, 15) is 4.79 Å². The molecule has 1 N–H and O–H groups in total. The van der Waals surface area contributed by atoms with Crippen molar-refractivity contribution in [3.05, 3.63) is 89.5 Å². The molecule has 168 valence electrons. The first-order valence-corrected chi connectivity index (χ1v) is 10.6.